The Morgan fingerprint density at radius 3 is 2.19 bits per heavy atom. The average Bonchev–Trinajstić information content (AvgIpc) is 2.12. The number of amides is 3. The number of hydrogen-bond acceptors (Lipinski definition) is 4. The third-order valence-electron chi connectivity index (χ3n) is 1.19. The van der Waals surface area contributed by atoms with Gasteiger partial charge in [-0.25, -0.2) is 4.79 Å². The van der Waals surface area contributed by atoms with E-state index < -0.39 is 23.5 Å². The number of ether oxygens (including phenoxy) is 1. The molecule has 0 fully saturated rings. The van der Waals surface area contributed by atoms with Crippen molar-refractivity contribution in [2.24, 2.45) is 0 Å². The molecule has 0 aromatic rings. The highest BCUT2D eigenvalue weighted by Gasteiger charge is 2.16. The van der Waals surface area contributed by atoms with Gasteiger partial charge in [0.25, 0.3) is 0 Å². The molecule has 6 nitrogen and oxygen atoms in total. The predicted octanol–water partition coefficient (Wildman–Crippen LogP) is 0.589. The van der Waals surface area contributed by atoms with Crippen LogP contribution in [0.4, 0.5) is 4.79 Å². The highest BCUT2D eigenvalue weighted by Crippen LogP contribution is 2.05. The molecule has 92 valence electrons. The summed E-state index contributed by atoms with van der Waals surface area (Å²) in [5.74, 6) is -0.955. The Morgan fingerprint density at radius 1 is 1.19 bits per heavy atom. The van der Waals surface area contributed by atoms with Crippen LogP contribution in [0, 0.1) is 0 Å². The number of carbonyl (C=O) groups is 3. The zero-order valence-corrected chi connectivity index (χ0v) is 11.6. The molecule has 0 spiro atoms. The van der Waals surface area contributed by atoms with Gasteiger partial charge in [0.05, 0.1) is 4.43 Å². The Bertz CT molecular complexity index is 286. The van der Waals surface area contributed by atoms with Crippen LogP contribution in [0.15, 0.2) is 0 Å². The highest BCUT2D eigenvalue weighted by atomic mass is 127. The van der Waals surface area contributed by atoms with Crippen LogP contribution in [-0.2, 0) is 14.3 Å². The smallest absolute Gasteiger partial charge is 0.408 e. The molecule has 0 aliphatic heterocycles. The number of hydrogen-bond donors (Lipinski definition) is 2. The summed E-state index contributed by atoms with van der Waals surface area (Å²) in [6, 6.07) is 0. The molecule has 0 radical (unpaired) electrons. The van der Waals surface area contributed by atoms with E-state index in [0.717, 1.165) is 0 Å². The normalized spacial score (nSPS) is 10.5. The molecule has 0 aliphatic rings. The molecule has 0 aromatic carbocycles. The lowest BCUT2D eigenvalue weighted by atomic mass is 10.2. The lowest BCUT2D eigenvalue weighted by Gasteiger charge is -2.19. The van der Waals surface area contributed by atoms with Crippen molar-refractivity contribution in [3.05, 3.63) is 0 Å². The summed E-state index contributed by atoms with van der Waals surface area (Å²) < 4.78 is 5.09. The van der Waals surface area contributed by atoms with E-state index in [0.29, 0.717) is 0 Å². The van der Waals surface area contributed by atoms with Gasteiger partial charge in [0.2, 0.25) is 11.8 Å². The van der Waals surface area contributed by atoms with Gasteiger partial charge in [-0.3, -0.25) is 14.9 Å². The molecule has 0 saturated heterocycles. The van der Waals surface area contributed by atoms with Crippen LogP contribution in [0.25, 0.3) is 0 Å². The fraction of sp³-hybridized carbons (Fsp3) is 0.667. The maximum absolute atomic E-state index is 11.1. The molecule has 0 atom stereocenters. The van der Waals surface area contributed by atoms with Gasteiger partial charge in [-0.1, -0.05) is 22.6 Å². The monoisotopic (exact) mass is 342 g/mol. The van der Waals surface area contributed by atoms with Crippen LogP contribution in [-0.4, -0.2) is 34.5 Å². The summed E-state index contributed by atoms with van der Waals surface area (Å²) in [7, 11) is 0. The van der Waals surface area contributed by atoms with Gasteiger partial charge >= 0.3 is 6.09 Å². The van der Waals surface area contributed by atoms with Gasteiger partial charge in [0, 0.05) is 0 Å². The van der Waals surface area contributed by atoms with Crippen LogP contribution < -0.4 is 10.6 Å². The Balaban J connectivity index is 3.84. The summed E-state index contributed by atoms with van der Waals surface area (Å²) in [6.07, 6.45) is -0.690. The SMILES string of the molecule is CC(C)(C)OC(=O)NCC(=O)NC(=O)CI. The first-order valence-electron chi connectivity index (χ1n) is 4.60. The van der Waals surface area contributed by atoms with E-state index in [4.69, 9.17) is 4.74 Å². The first-order valence-corrected chi connectivity index (χ1v) is 6.12. The maximum atomic E-state index is 11.1. The van der Waals surface area contributed by atoms with E-state index in [1.807, 2.05) is 22.6 Å². The predicted molar refractivity (Wildman–Crippen MR) is 66.3 cm³/mol. The van der Waals surface area contributed by atoms with E-state index in [2.05, 4.69) is 10.6 Å². The maximum Gasteiger partial charge on any atom is 0.408 e. The van der Waals surface area contributed by atoms with Crippen LogP contribution in [0.2, 0.25) is 0 Å². The molecule has 3 amide bonds. The fourth-order valence-electron chi connectivity index (χ4n) is 0.700. The molecule has 0 heterocycles. The second-order valence-corrected chi connectivity index (χ2v) is 4.72. The van der Waals surface area contributed by atoms with Crippen LogP contribution in [0.1, 0.15) is 20.8 Å². The Kier molecular flexibility index (Phi) is 6.31. The Hall–Kier alpha value is -0.860. The van der Waals surface area contributed by atoms with E-state index in [1.54, 1.807) is 20.8 Å². The summed E-state index contributed by atoms with van der Waals surface area (Å²) >= 11 is 1.83. The molecular weight excluding hydrogens is 327 g/mol. The van der Waals surface area contributed by atoms with Crippen molar-refractivity contribution in [2.45, 2.75) is 26.4 Å². The molecule has 7 heteroatoms. The average molecular weight is 342 g/mol. The first-order chi connectivity index (χ1) is 7.24. The summed E-state index contributed by atoms with van der Waals surface area (Å²) in [5.41, 5.74) is -0.613. The third-order valence-corrected chi connectivity index (χ3v) is 1.89. The minimum absolute atomic E-state index is 0.190. The van der Waals surface area contributed by atoms with Gasteiger partial charge in [0.15, 0.2) is 0 Å². The van der Waals surface area contributed by atoms with Crippen molar-refractivity contribution in [3.63, 3.8) is 0 Å². The van der Waals surface area contributed by atoms with E-state index in [1.165, 1.54) is 0 Å². The molecule has 0 unspecified atom stereocenters. The number of imide groups is 1. The van der Waals surface area contributed by atoms with Gasteiger partial charge < -0.3 is 10.1 Å². The molecule has 2 N–H and O–H groups in total. The summed E-state index contributed by atoms with van der Waals surface area (Å²) in [4.78, 5) is 33.0. The molecule has 0 rings (SSSR count). The van der Waals surface area contributed by atoms with E-state index in [-0.39, 0.29) is 11.0 Å². The highest BCUT2D eigenvalue weighted by molar-refractivity contribution is 14.1. The largest absolute Gasteiger partial charge is 0.444 e. The quantitative estimate of drug-likeness (QED) is 0.581. The molecular formula is C9H15IN2O4. The summed E-state index contributed by atoms with van der Waals surface area (Å²) in [5, 5.41) is 4.33. The van der Waals surface area contributed by atoms with Crippen molar-refractivity contribution in [1.29, 1.82) is 0 Å². The minimum atomic E-state index is -0.690. The summed E-state index contributed by atoms with van der Waals surface area (Å²) in [6.45, 7) is 4.86. The van der Waals surface area contributed by atoms with Crippen molar-refractivity contribution >= 4 is 40.5 Å². The van der Waals surface area contributed by atoms with Gasteiger partial charge in [0.1, 0.15) is 12.1 Å². The second-order valence-electron chi connectivity index (χ2n) is 3.96. The van der Waals surface area contributed by atoms with Crippen LogP contribution in [0.3, 0.4) is 0 Å². The molecule has 0 aromatic heterocycles. The Labute approximate surface area is 108 Å². The lowest BCUT2D eigenvalue weighted by molar-refractivity contribution is -0.128. The lowest BCUT2D eigenvalue weighted by Crippen LogP contribution is -2.41. The van der Waals surface area contributed by atoms with E-state index in [9.17, 15) is 14.4 Å². The number of halogens is 1. The van der Waals surface area contributed by atoms with E-state index >= 15 is 0 Å². The Morgan fingerprint density at radius 2 is 1.75 bits per heavy atom. The topological polar surface area (TPSA) is 84.5 Å². The number of alkyl carbamates (subject to hydrolysis) is 1. The van der Waals surface area contributed by atoms with Crippen molar-refractivity contribution in [3.8, 4) is 0 Å². The fourth-order valence-corrected chi connectivity index (χ4v) is 0.890. The van der Waals surface area contributed by atoms with Crippen molar-refractivity contribution < 1.29 is 19.1 Å². The number of rotatable bonds is 3. The molecule has 16 heavy (non-hydrogen) atoms. The first kappa shape index (κ1) is 15.1. The van der Waals surface area contributed by atoms with Gasteiger partial charge in [-0.15, -0.1) is 0 Å². The molecule has 0 bridgehead atoms. The van der Waals surface area contributed by atoms with Crippen LogP contribution in [0.5, 0.6) is 0 Å². The van der Waals surface area contributed by atoms with Gasteiger partial charge in [-0.2, -0.15) is 0 Å². The standard InChI is InChI=1S/C9H15IN2O4/c1-9(2,3)16-8(15)11-5-7(14)12-6(13)4-10/h4-5H2,1-3H3,(H,11,15)(H,12,13,14). The van der Waals surface area contributed by atoms with Gasteiger partial charge in [-0.05, 0) is 20.8 Å². The van der Waals surface area contributed by atoms with Crippen molar-refractivity contribution in [1.82, 2.24) is 10.6 Å². The zero-order chi connectivity index (χ0) is 12.8. The number of alkyl halides is 1. The number of carbonyl (C=O) groups excluding carboxylic acids is 3. The van der Waals surface area contributed by atoms with Crippen LogP contribution >= 0.6 is 22.6 Å². The van der Waals surface area contributed by atoms with Crippen molar-refractivity contribution in [2.75, 3.05) is 11.0 Å². The third kappa shape index (κ3) is 8.45. The number of nitrogens with one attached hydrogen (secondary N) is 2. The zero-order valence-electron chi connectivity index (χ0n) is 9.43. The molecule has 0 saturated carbocycles. The minimum Gasteiger partial charge on any atom is -0.444 e. The molecule has 0 aliphatic carbocycles. The second kappa shape index (κ2) is 6.66.